The molecule has 0 saturated carbocycles. The summed E-state index contributed by atoms with van der Waals surface area (Å²) >= 11 is 0. The summed E-state index contributed by atoms with van der Waals surface area (Å²) in [4.78, 5) is 19.9. The molecule has 5 heterocycles. The molecule has 0 aromatic carbocycles. The summed E-state index contributed by atoms with van der Waals surface area (Å²) in [5.74, 6) is 1.36. The maximum absolute atomic E-state index is 11.0. The zero-order chi connectivity index (χ0) is 24.6. The van der Waals surface area contributed by atoms with E-state index in [1.807, 2.05) is 24.7 Å². The quantitative estimate of drug-likeness (QED) is 0.513. The minimum Gasteiger partial charge on any atom is -0.467 e. The van der Waals surface area contributed by atoms with Gasteiger partial charge in [0, 0.05) is 62.3 Å². The molecule has 6 rings (SSSR count). The van der Waals surface area contributed by atoms with Gasteiger partial charge in [-0.2, -0.15) is 5.10 Å². The second-order valence-corrected chi connectivity index (χ2v) is 9.55. The van der Waals surface area contributed by atoms with Crippen molar-refractivity contribution in [2.24, 2.45) is 10.9 Å². The van der Waals surface area contributed by atoms with E-state index in [9.17, 15) is 5.11 Å². The van der Waals surface area contributed by atoms with E-state index in [-0.39, 0.29) is 0 Å². The fourth-order valence-corrected chi connectivity index (χ4v) is 5.03. The smallest absolute Gasteiger partial charge is 0.316 e. The molecule has 1 atom stereocenters. The highest BCUT2D eigenvalue weighted by Crippen LogP contribution is 2.31. The highest BCUT2D eigenvalue weighted by Gasteiger charge is 2.45. The molecule has 3 aromatic rings. The van der Waals surface area contributed by atoms with E-state index in [4.69, 9.17) is 9.73 Å². The van der Waals surface area contributed by atoms with Crippen LogP contribution >= 0.6 is 0 Å². The fourth-order valence-electron chi connectivity index (χ4n) is 5.03. The first-order valence-electron chi connectivity index (χ1n) is 12.2. The van der Waals surface area contributed by atoms with E-state index in [1.165, 1.54) is 17.0 Å². The largest absolute Gasteiger partial charge is 0.467 e. The molecule has 10 nitrogen and oxygen atoms in total. The molecule has 2 aliphatic heterocycles. The molecule has 1 N–H and O–H groups in total. The van der Waals surface area contributed by atoms with Gasteiger partial charge in [0.25, 0.3) is 6.23 Å². The third-order valence-corrected chi connectivity index (χ3v) is 7.06. The van der Waals surface area contributed by atoms with E-state index < -0.39 is 6.23 Å². The molecule has 36 heavy (non-hydrogen) atoms. The van der Waals surface area contributed by atoms with Crippen molar-refractivity contribution in [3.8, 4) is 6.01 Å². The second kappa shape index (κ2) is 9.36. The van der Waals surface area contributed by atoms with Gasteiger partial charge in [-0.25, -0.2) is 24.0 Å². The lowest BCUT2D eigenvalue weighted by Gasteiger charge is -2.42. The lowest BCUT2D eigenvalue weighted by molar-refractivity contribution is -0.380. The van der Waals surface area contributed by atoms with Gasteiger partial charge in [0.1, 0.15) is 17.8 Å². The predicted molar refractivity (Wildman–Crippen MR) is 134 cm³/mol. The van der Waals surface area contributed by atoms with Crippen LogP contribution in [-0.2, 0) is 6.54 Å². The summed E-state index contributed by atoms with van der Waals surface area (Å²) in [6.07, 6.45) is 15.0. The van der Waals surface area contributed by atoms with Crippen molar-refractivity contribution in [1.29, 1.82) is 0 Å². The van der Waals surface area contributed by atoms with Crippen LogP contribution in [0.1, 0.15) is 43.5 Å². The minimum absolute atomic E-state index is 0.389. The fraction of sp³-hybridized carbons (Fsp3) is 0.385. The molecule has 0 amide bonds. The van der Waals surface area contributed by atoms with Crippen LogP contribution in [0.25, 0.3) is 5.65 Å². The number of likely N-dealkylation sites (tertiary alicyclic amines) is 1. The number of ether oxygens (including phenoxy) is 1. The van der Waals surface area contributed by atoms with Crippen LogP contribution in [0.15, 0.2) is 65.5 Å². The number of methoxy groups -OCH3 is 1. The van der Waals surface area contributed by atoms with Gasteiger partial charge in [0.05, 0.1) is 18.9 Å². The highest BCUT2D eigenvalue weighted by atomic mass is 16.5. The Labute approximate surface area is 209 Å². The second-order valence-electron chi connectivity index (χ2n) is 9.55. The zero-order valence-corrected chi connectivity index (χ0v) is 20.4. The van der Waals surface area contributed by atoms with Crippen LogP contribution in [0.4, 0.5) is 0 Å². The van der Waals surface area contributed by atoms with E-state index in [2.05, 4.69) is 48.6 Å². The first kappa shape index (κ1) is 22.7. The highest BCUT2D eigenvalue weighted by molar-refractivity contribution is 6.09. The van der Waals surface area contributed by atoms with Crippen molar-refractivity contribution in [3.05, 3.63) is 71.6 Å². The summed E-state index contributed by atoms with van der Waals surface area (Å²) in [5.41, 5.74) is 6.31. The monoisotopic (exact) mass is 485 g/mol. The zero-order valence-electron chi connectivity index (χ0n) is 20.4. The Morgan fingerprint density at radius 1 is 1.17 bits per heavy atom. The number of hydrogen-bond acceptors (Lipinski definition) is 8. The van der Waals surface area contributed by atoms with Crippen molar-refractivity contribution in [3.63, 3.8) is 0 Å². The van der Waals surface area contributed by atoms with Gasteiger partial charge in [-0.3, -0.25) is 4.90 Å². The van der Waals surface area contributed by atoms with Crippen molar-refractivity contribution in [2.45, 2.75) is 39.0 Å². The summed E-state index contributed by atoms with van der Waals surface area (Å²) < 4.78 is 8.99. The summed E-state index contributed by atoms with van der Waals surface area (Å²) in [5, 5.41) is 15.3. The number of fused-ring (bicyclic) bond motifs is 1. The average molecular weight is 486 g/mol. The van der Waals surface area contributed by atoms with E-state index >= 15 is 0 Å². The first-order valence-corrected chi connectivity index (χ1v) is 12.2. The number of aliphatic imine (C=N–C) groups is 1. The van der Waals surface area contributed by atoms with Crippen molar-refractivity contribution in [2.75, 3.05) is 20.2 Å². The van der Waals surface area contributed by atoms with Gasteiger partial charge in [0.2, 0.25) is 0 Å². The predicted octanol–water partition coefficient (Wildman–Crippen LogP) is 2.53. The van der Waals surface area contributed by atoms with Crippen LogP contribution in [0.2, 0.25) is 0 Å². The maximum Gasteiger partial charge on any atom is 0.316 e. The number of aliphatic hydroxyl groups is 1. The summed E-state index contributed by atoms with van der Waals surface area (Å²) in [6.45, 7) is 4.94. The normalized spacial score (nSPS) is 20.7. The minimum atomic E-state index is -1.01. The molecule has 3 aliphatic rings. The van der Waals surface area contributed by atoms with Crippen LogP contribution in [0, 0.1) is 5.92 Å². The number of aromatic nitrogens is 5. The summed E-state index contributed by atoms with van der Waals surface area (Å²) in [7, 11) is 1.57. The van der Waals surface area contributed by atoms with Gasteiger partial charge in [0.15, 0.2) is 5.65 Å². The number of aliphatic hydroxyl groups excluding tert-OH is 1. The molecule has 1 saturated heterocycles. The lowest BCUT2D eigenvalue weighted by atomic mass is 9.86. The number of hydrogen-bond donors (Lipinski definition) is 1. The Morgan fingerprint density at radius 2 is 2.00 bits per heavy atom. The molecule has 10 heteroatoms. The maximum atomic E-state index is 11.0. The SMILES string of the molecule is COc1ncc(CN2CC(C3=[N+](C4=CC=C(C)CC4)C(=NC(O)c4cnn5cccnc45)C3)C2)cn1. The molecular formula is C26H29N8O2+. The molecule has 0 radical (unpaired) electrons. The molecule has 184 valence electrons. The number of nitrogens with zero attached hydrogens (tertiary/aromatic N) is 8. The average Bonchev–Trinajstić information content (AvgIpc) is 3.30. The summed E-state index contributed by atoms with van der Waals surface area (Å²) in [6, 6.07) is 2.20. The Bertz CT molecular complexity index is 1410. The van der Waals surface area contributed by atoms with Crippen molar-refractivity contribution < 1.29 is 14.4 Å². The van der Waals surface area contributed by atoms with Crippen LogP contribution in [0.5, 0.6) is 6.01 Å². The lowest BCUT2D eigenvalue weighted by Crippen LogP contribution is -2.56. The molecule has 0 spiro atoms. The molecular weight excluding hydrogens is 456 g/mol. The molecule has 1 unspecified atom stereocenters. The molecule has 1 fully saturated rings. The third kappa shape index (κ3) is 4.22. The molecule has 0 bridgehead atoms. The van der Waals surface area contributed by atoms with Crippen LogP contribution in [-0.4, -0.2) is 70.9 Å². The number of rotatable bonds is 7. The standard InChI is InChI=1S/C26H29N8O2/c1-17-4-6-20(7-5-17)34-22(19-15-32(16-19)14-18-11-28-26(36-2)29-12-18)10-23(34)31-25(35)21-13-30-33-9-3-8-27-24(21)33/h3-4,6,8-9,11-13,19,25,35H,5,7,10,14-16H2,1-2H3/q+1. The van der Waals surface area contributed by atoms with Crippen LogP contribution in [0.3, 0.4) is 0 Å². The van der Waals surface area contributed by atoms with Gasteiger partial charge < -0.3 is 9.84 Å². The molecule has 3 aromatic heterocycles. The first-order chi connectivity index (χ1) is 17.6. The molecule has 1 aliphatic carbocycles. The van der Waals surface area contributed by atoms with Crippen molar-refractivity contribution >= 4 is 17.2 Å². The Hall–Kier alpha value is -3.76. The van der Waals surface area contributed by atoms with E-state index in [0.29, 0.717) is 23.1 Å². The topological polar surface area (TPSA) is 104 Å². The van der Waals surface area contributed by atoms with Gasteiger partial charge in [-0.1, -0.05) is 11.6 Å². The number of amidine groups is 1. The van der Waals surface area contributed by atoms with E-state index in [0.717, 1.165) is 50.3 Å². The Kier molecular flexibility index (Phi) is 5.90. The number of allylic oxidation sites excluding steroid dienone is 4. The van der Waals surface area contributed by atoms with Crippen LogP contribution < -0.4 is 4.74 Å². The Balaban J connectivity index is 1.22. The van der Waals surface area contributed by atoms with Gasteiger partial charge in [-0.15, -0.1) is 0 Å². The Morgan fingerprint density at radius 3 is 2.75 bits per heavy atom. The van der Waals surface area contributed by atoms with Gasteiger partial charge >= 0.3 is 11.8 Å². The van der Waals surface area contributed by atoms with Crippen molar-refractivity contribution in [1.82, 2.24) is 29.5 Å². The third-order valence-electron chi connectivity index (χ3n) is 7.06. The van der Waals surface area contributed by atoms with Gasteiger partial charge in [-0.05, 0) is 30.5 Å². The van der Waals surface area contributed by atoms with E-state index in [1.54, 1.807) is 24.0 Å².